The molecule has 28 heavy (non-hydrogen) atoms. The Morgan fingerprint density at radius 3 is 2.29 bits per heavy atom. The number of amides is 1. The molecule has 0 unspecified atom stereocenters. The topological polar surface area (TPSA) is 84.5 Å². The first-order valence-corrected chi connectivity index (χ1v) is 11.0. The van der Waals surface area contributed by atoms with Crippen molar-refractivity contribution >= 4 is 21.6 Å². The molecule has 7 heteroatoms. The largest absolute Gasteiger partial charge is 0.497 e. The summed E-state index contributed by atoms with van der Waals surface area (Å²) < 4.78 is 32.6. The van der Waals surface area contributed by atoms with Crippen LogP contribution >= 0.6 is 0 Å². The minimum absolute atomic E-state index is 0.0953. The maximum atomic E-state index is 12.5. The zero-order valence-electron chi connectivity index (χ0n) is 15.7. The first-order valence-electron chi connectivity index (χ1n) is 9.52. The molecule has 2 fully saturated rings. The van der Waals surface area contributed by atoms with Crippen LogP contribution in [0.3, 0.4) is 0 Å². The number of carbonyl (C=O) groups excluding carboxylic acids is 1. The van der Waals surface area contributed by atoms with Crippen LogP contribution in [0.4, 0.5) is 5.69 Å². The molecule has 2 aliphatic carbocycles. The van der Waals surface area contributed by atoms with E-state index in [1.54, 1.807) is 36.4 Å². The molecule has 2 aliphatic rings. The van der Waals surface area contributed by atoms with Gasteiger partial charge in [0, 0.05) is 17.3 Å². The van der Waals surface area contributed by atoms with Gasteiger partial charge in [0.1, 0.15) is 5.75 Å². The van der Waals surface area contributed by atoms with Crippen molar-refractivity contribution in [2.75, 3.05) is 11.8 Å². The Morgan fingerprint density at radius 1 is 1.00 bits per heavy atom. The van der Waals surface area contributed by atoms with Crippen molar-refractivity contribution in [3.8, 4) is 5.75 Å². The van der Waals surface area contributed by atoms with E-state index >= 15 is 0 Å². The standard InChI is InChI=1S/C21H24N2O4S/c1-27-18-8-10-19(11-9-18)28(25,26)23-17-6-4-15(5-7-17)21(24)22-20-13-14-2-3-16(20)12-14/h4-11,14,16,20,23H,2-3,12-13H2,1H3,(H,22,24)/t14-,16-,20-/m0/s1. The highest BCUT2D eigenvalue weighted by molar-refractivity contribution is 7.92. The average molecular weight is 401 g/mol. The van der Waals surface area contributed by atoms with Gasteiger partial charge in [0.05, 0.1) is 12.0 Å². The van der Waals surface area contributed by atoms with E-state index in [1.807, 2.05) is 0 Å². The van der Waals surface area contributed by atoms with Crippen LogP contribution in [0.1, 0.15) is 36.0 Å². The Kier molecular flexibility index (Phi) is 5.02. The lowest BCUT2D eigenvalue weighted by atomic mass is 9.95. The highest BCUT2D eigenvalue weighted by atomic mass is 32.2. The van der Waals surface area contributed by atoms with Crippen LogP contribution in [-0.4, -0.2) is 27.5 Å². The number of benzene rings is 2. The second-order valence-corrected chi connectivity index (χ2v) is 9.30. The van der Waals surface area contributed by atoms with Crippen LogP contribution in [-0.2, 0) is 10.0 Å². The quantitative estimate of drug-likeness (QED) is 0.778. The Hall–Kier alpha value is -2.54. The van der Waals surface area contributed by atoms with Crippen molar-refractivity contribution < 1.29 is 17.9 Å². The second-order valence-electron chi connectivity index (χ2n) is 7.61. The number of ether oxygens (including phenoxy) is 1. The first-order chi connectivity index (χ1) is 13.4. The van der Waals surface area contributed by atoms with Crippen LogP contribution < -0.4 is 14.8 Å². The molecule has 3 atom stereocenters. The number of nitrogens with one attached hydrogen (secondary N) is 2. The monoisotopic (exact) mass is 400 g/mol. The van der Waals surface area contributed by atoms with Crippen molar-refractivity contribution in [3.05, 3.63) is 54.1 Å². The van der Waals surface area contributed by atoms with E-state index < -0.39 is 10.0 Å². The summed E-state index contributed by atoms with van der Waals surface area (Å²) >= 11 is 0. The normalized spacial score (nSPS) is 23.4. The van der Waals surface area contributed by atoms with Gasteiger partial charge < -0.3 is 10.1 Å². The SMILES string of the molecule is COc1ccc(S(=O)(=O)Nc2ccc(C(=O)N[C@H]3C[C@H]4CC[C@H]3C4)cc2)cc1. The third kappa shape index (κ3) is 3.85. The van der Waals surface area contributed by atoms with Crippen molar-refractivity contribution in [1.82, 2.24) is 5.32 Å². The minimum atomic E-state index is -3.70. The predicted octanol–water partition coefficient (Wildman–Crippen LogP) is 3.41. The van der Waals surface area contributed by atoms with E-state index in [0.29, 0.717) is 22.9 Å². The Balaban J connectivity index is 1.40. The highest BCUT2D eigenvalue weighted by Crippen LogP contribution is 2.44. The Morgan fingerprint density at radius 2 is 1.71 bits per heavy atom. The molecule has 0 aromatic heterocycles. The van der Waals surface area contributed by atoms with E-state index in [-0.39, 0.29) is 16.8 Å². The van der Waals surface area contributed by atoms with Crippen LogP contribution in [0.5, 0.6) is 5.75 Å². The average Bonchev–Trinajstić information content (AvgIpc) is 3.31. The molecule has 1 amide bonds. The summed E-state index contributed by atoms with van der Waals surface area (Å²) in [6.45, 7) is 0. The molecule has 4 rings (SSSR count). The van der Waals surface area contributed by atoms with Gasteiger partial charge in [-0.3, -0.25) is 9.52 Å². The minimum Gasteiger partial charge on any atom is -0.497 e. The summed E-state index contributed by atoms with van der Waals surface area (Å²) in [4.78, 5) is 12.6. The predicted molar refractivity (Wildman–Crippen MR) is 107 cm³/mol. The van der Waals surface area contributed by atoms with E-state index in [1.165, 1.54) is 38.5 Å². The molecule has 0 spiro atoms. The fraction of sp³-hybridized carbons (Fsp3) is 0.381. The zero-order valence-corrected chi connectivity index (χ0v) is 16.5. The van der Waals surface area contributed by atoms with Gasteiger partial charge in [-0.1, -0.05) is 6.42 Å². The van der Waals surface area contributed by atoms with Gasteiger partial charge in [-0.15, -0.1) is 0 Å². The lowest BCUT2D eigenvalue weighted by Crippen LogP contribution is -2.38. The summed E-state index contributed by atoms with van der Waals surface area (Å²) in [7, 11) is -2.18. The van der Waals surface area contributed by atoms with Gasteiger partial charge in [-0.25, -0.2) is 8.42 Å². The molecule has 0 radical (unpaired) electrons. The fourth-order valence-corrected chi connectivity index (χ4v) is 5.39. The van der Waals surface area contributed by atoms with E-state index in [0.717, 1.165) is 12.3 Å². The number of sulfonamides is 1. The van der Waals surface area contributed by atoms with Crippen LogP contribution in [0.2, 0.25) is 0 Å². The maximum absolute atomic E-state index is 12.5. The number of carbonyl (C=O) groups is 1. The van der Waals surface area contributed by atoms with Crippen molar-refractivity contribution in [2.45, 2.75) is 36.6 Å². The number of rotatable bonds is 6. The summed E-state index contributed by atoms with van der Waals surface area (Å²) in [5, 5.41) is 3.14. The Bertz CT molecular complexity index is 955. The smallest absolute Gasteiger partial charge is 0.261 e. The van der Waals surface area contributed by atoms with Gasteiger partial charge in [0.15, 0.2) is 0 Å². The van der Waals surface area contributed by atoms with E-state index in [9.17, 15) is 13.2 Å². The first kappa shape index (κ1) is 18.8. The molecule has 2 aromatic carbocycles. The van der Waals surface area contributed by atoms with E-state index in [4.69, 9.17) is 4.74 Å². The maximum Gasteiger partial charge on any atom is 0.261 e. The van der Waals surface area contributed by atoms with Crippen LogP contribution in [0.15, 0.2) is 53.4 Å². The van der Waals surface area contributed by atoms with Gasteiger partial charge in [0.25, 0.3) is 15.9 Å². The van der Waals surface area contributed by atoms with Crippen molar-refractivity contribution in [2.24, 2.45) is 11.8 Å². The van der Waals surface area contributed by atoms with Gasteiger partial charge in [-0.05, 0) is 79.6 Å². The molecular weight excluding hydrogens is 376 g/mol. The molecule has 0 heterocycles. The van der Waals surface area contributed by atoms with Crippen molar-refractivity contribution in [3.63, 3.8) is 0 Å². The number of anilines is 1. The molecule has 0 aliphatic heterocycles. The zero-order chi connectivity index (χ0) is 19.7. The summed E-state index contributed by atoms with van der Waals surface area (Å²) in [6, 6.07) is 12.9. The lowest BCUT2D eigenvalue weighted by molar-refractivity contribution is 0.0923. The molecule has 2 bridgehead atoms. The van der Waals surface area contributed by atoms with Gasteiger partial charge >= 0.3 is 0 Å². The van der Waals surface area contributed by atoms with Crippen molar-refractivity contribution in [1.29, 1.82) is 0 Å². The number of hydrogen-bond donors (Lipinski definition) is 2. The number of methoxy groups -OCH3 is 1. The molecule has 0 saturated heterocycles. The Labute approximate surface area is 165 Å². The summed E-state index contributed by atoms with van der Waals surface area (Å²) in [6.07, 6.45) is 4.81. The number of hydrogen-bond acceptors (Lipinski definition) is 4. The van der Waals surface area contributed by atoms with Gasteiger partial charge in [0.2, 0.25) is 0 Å². The lowest BCUT2D eigenvalue weighted by Gasteiger charge is -2.22. The molecule has 148 valence electrons. The molecule has 2 N–H and O–H groups in total. The second kappa shape index (κ2) is 7.47. The third-order valence-electron chi connectivity index (χ3n) is 5.82. The van der Waals surface area contributed by atoms with Crippen LogP contribution in [0, 0.1) is 11.8 Å². The highest BCUT2D eigenvalue weighted by Gasteiger charge is 2.40. The van der Waals surface area contributed by atoms with E-state index in [2.05, 4.69) is 10.0 Å². The van der Waals surface area contributed by atoms with Crippen LogP contribution in [0.25, 0.3) is 0 Å². The molecule has 2 saturated carbocycles. The molecular formula is C21H24N2O4S. The summed E-state index contributed by atoms with van der Waals surface area (Å²) in [5.74, 6) is 1.88. The van der Waals surface area contributed by atoms with Gasteiger partial charge in [-0.2, -0.15) is 0 Å². The molecule has 2 aromatic rings. The summed E-state index contributed by atoms with van der Waals surface area (Å²) in [5.41, 5.74) is 0.947. The molecule has 6 nitrogen and oxygen atoms in total. The fourth-order valence-electron chi connectivity index (χ4n) is 4.33. The third-order valence-corrected chi connectivity index (χ3v) is 7.22. The number of fused-ring (bicyclic) bond motifs is 2.